The molecule has 0 bridgehead atoms. The molecule has 10 heteroatoms. The van der Waals surface area contributed by atoms with Gasteiger partial charge in [0, 0.05) is 54.0 Å². The van der Waals surface area contributed by atoms with Crippen LogP contribution in [0, 0.1) is 12.7 Å². The first-order valence-corrected chi connectivity index (χ1v) is 13.3. The summed E-state index contributed by atoms with van der Waals surface area (Å²) in [6, 6.07) is 5.38. The molecular formula is C28H36FN5O4. The number of ether oxygens (including phenoxy) is 2. The molecule has 1 aromatic carbocycles. The van der Waals surface area contributed by atoms with Crippen LogP contribution in [0.4, 0.5) is 10.3 Å². The third-order valence-corrected chi connectivity index (χ3v) is 7.60. The Morgan fingerprint density at radius 1 is 1.24 bits per heavy atom. The monoisotopic (exact) mass is 525 g/mol. The maximum Gasteiger partial charge on any atom is 0.223 e. The smallest absolute Gasteiger partial charge is 0.223 e. The molecule has 2 saturated heterocycles. The standard InChI is InChI=1S/C28H36FN5O4/c1-16(2)34-23-11-19(26-21(29)12-30-28(32-26)31-22-7-9-37-15-25(22)35)5-6-20(23)27(36)18(4)24(34)13-33-8-10-38-14-17(33)3/h5-6,11-12,16-17,22,25,35H,7-10,13-15H2,1-4H3,(H,30,31,32)/t17-,22-,25-/m1/s1. The molecule has 9 nitrogen and oxygen atoms in total. The topological polar surface area (TPSA) is 102 Å². The number of nitrogens with one attached hydrogen (secondary N) is 1. The van der Waals surface area contributed by atoms with Gasteiger partial charge in [0.15, 0.2) is 11.2 Å². The molecule has 0 unspecified atom stereocenters. The van der Waals surface area contributed by atoms with E-state index in [1.807, 2.05) is 13.0 Å². The van der Waals surface area contributed by atoms with Gasteiger partial charge in [0.2, 0.25) is 5.95 Å². The van der Waals surface area contributed by atoms with Crippen LogP contribution in [0.2, 0.25) is 0 Å². The highest BCUT2D eigenvalue weighted by Gasteiger charge is 2.26. The fraction of sp³-hybridized carbons (Fsp3) is 0.536. The van der Waals surface area contributed by atoms with Crippen LogP contribution in [0.1, 0.15) is 44.5 Å². The predicted molar refractivity (Wildman–Crippen MR) is 144 cm³/mol. The van der Waals surface area contributed by atoms with Crippen LogP contribution in [-0.2, 0) is 16.0 Å². The number of nitrogens with zero attached hydrogens (tertiary/aromatic N) is 4. The fourth-order valence-electron chi connectivity index (χ4n) is 5.40. The normalized spacial score (nSPS) is 22.8. The highest BCUT2D eigenvalue weighted by molar-refractivity contribution is 5.85. The van der Waals surface area contributed by atoms with Gasteiger partial charge in [-0.2, -0.15) is 0 Å². The van der Waals surface area contributed by atoms with Crippen molar-refractivity contribution in [1.82, 2.24) is 19.4 Å². The van der Waals surface area contributed by atoms with E-state index in [-0.39, 0.29) is 41.8 Å². The van der Waals surface area contributed by atoms with Crippen molar-refractivity contribution < 1.29 is 19.0 Å². The number of hydrogen-bond donors (Lipinski definition) is 2. The van der Waals surface area contributed by atoms with Crippen molar-refractivity contribution in [2.45, 2.75) is 64.9 Å². The Labute approximate surface area is 221 Å². The summed E-state index contributed by atoms with van der Waals surface area (Å²) in [6.45, 7) is 11.7. The number of aliphatic hydroxyl groups excluding tert-OH is 1. The van der Waals surface area contributed by atoms with Gasteiger partial charge in [-0.15, -0.1) is 0 Å². The van der Waals surface area contributed by atoms with Gasteiger partial charge in [0.05, 0.1) is 43.7 Å². The number of anilines is 1. The molecule has 0 saturated carbocycles. The van der Waals surface area contributed by atoms with E-state index in [9.17, 15) is 9.90 Å². The minimum Gasteiger partial charge on any atom is -0.389 e. The van der Waals surface area contributed by atoms with Gasteiger partial charge < -0.3 is 24.5 Å². The van der Waals surface area contributed by atoms with E-state index < -0.39 is 11.9 Å². The van der Waals surface area contributed by atoms with E-state index >= 15 is 4.39 Å². The molecule has 0 radical (unpaired) electrons. The molecule has 5 rings (SSSR count). The van der Waals surface area contributed by atoms with Gasteiger partial charge in [-0.1, -0.05) is 6.07 Å². The summed E-state index contributed by atoms with van der Waals surface area (Å²) in [5, 5.41) is 13.9. The predicted octanol–water partition coefficient (Wildman–Crippen LogP) is 3.27. The number of hydrogen-bond acceptors (Lipinski definition) is 8. The first-order chi connectivity index (χ1) is 18.2. The Bertz CT molecular complexity index is 1380. The van der Waals surface area contributed by atoms with Crippen LogP contribution in [0.3, 0.4) is 0 Å². The molecule has 2 aromatic heterocycles. The number of halogens is 1. The fourth-order valence-corrected chi connectivity index (χ4v) is 5.40. The van der Waals surface area contributed by atoms with Crippen molar-refractivity contribution in [2.24, 2.45) is 0 Å². The van der Waals surface area contributed by atoms with Gasteiger partial charge in [0.25, 0.3) is 0 Å². The Morgan fingerprint density at radius 2 is 2.03 bits per heavy atom. The zero-order valence-corrected chi connectivity index (χ0v) is 22.4. The Balaban J connectivity index is 1.58. The molecule has 2 fully saturated rings. The molecule has 0 spiro atoms. The van der Waals surface area contributed by atoms with Crippen molar-refractivity contribution in [1.29, 1.82) is 0 Å². The number of fused-ring (bicyclic) bond motifs is 1. The third kappa shape index (κ3) is 5.18. The Kier molecular flexibility index (Phi) is 7.76. The van der Waals surface area contributed by atoms with Gasteiger partial charge in [-0.25, -0.2) is 14.4 Å². The first-order valence-electron chi connectivity index (χ1n) is 13.3. The van der Waals surface area contributed by atoms with Crippen LogP contribution in [-0.4, -0.2) is 75.7 Å². The number of aromatic nitrogens is 3. The molecule has 2 aliphatic heterocycles. The molecular weight excluding hydrogens is 489 g/mol. The molecule has 4 heterocycles. The third-order valence-electron chi connectivity index (χ3n) is 7.60. The number of pyridine rings is 1. The highest BCUT2D eigenvalue weighted by atomic mass is 19.1. The van der Waals surface area contributed by atoms with Crippen molar-refractivity contribution in [3.05, 3.63) is 51.7 Å². The lowest BCUT2D eigenvalue weighted by Gasteiger charge is -2.35. The van der Waals surface area contributed by atoms with Gasteiger partial charge >= 0.3 is 0 Å². The molecule has 3 atom stereocenters. The van der Waals surface area contributed by atoms with E-state index in [2.05, 4.69) is 45.5 Å². The summed E-state index contributed by atoms with van der Waals surface area (Å²) in [5.74, 6) is -0.324. The number of rotatable bonds is 6. The van der Waals surface area contributed by atoms with Gasteiger partial charge in [-0.3, -0.25) is 9.69 Å². The van der Waals surface area contributed by atoms with E-state index in [4.69, 9.17) is 9.47 Å². The lowest BCUT2D eigenvalue weighted by molar-refractivity contribution is -0.0136. The maximum absolute atomic E-state index is 15.0. The zero-order valence-electron chi connectivity index (χ0n) is 22.4. The van der Waals surface area contributed by atoms with Crippen molar-refractivity contribution in [2.75, 3.05) is 38.3 Å². The van der Waals surface area contributed by atoms with E-state index in [1.54, 1.807) is 12.1 Å². The van der Waals surface area contributed by atoms with Crippen molar-refractivity contribution in [3.63, 3.8) is 0 Å². The summed E-state index contributed by atoms with van der Waals surface area (Å²) in [7, 11) is 0. The largest absolute Gasteiger partial charge is 0.389 e. The summed E-state index contributed by atoms with van der Waals surface area (Å²) >= 11 is 0. The lowest BCUT2D eigenvalue weighted by atomic mass is 10.0. The average Bonchev–Trinajstić information content (AvgIpc) is 2.90. The van der Waals surface area contributed by atoms with Crippen LogP contribution in [0.15, 0.2) is 29.2 Å². The van der Waals surface area contributed by atoms with Crippen LogP contribution in [0.25, 0.3) is 22.2 Å². The van der Waals surface area contributed by atoms with Gasteiger partial charge in [-0.05, 0) is 46.2 Å². The molecule has 0 amide bonds. The summed E-state index contributed by atoms with van der Waals surface area (Å²) in [5.41, 5.74) is 3.11. The molecule has 2 N–H and O–H groups in total. The van der Waals surface area contributed by atoms with E-state index in [0.29, 0.717) is 43.7 Å². The number of benzene rings is 1. The minimum absolute atomic E-state index is 0.0154. The summed E-state index contributed by atoms with van der Waals surface area (Å²) < 4.78 is 28.1. The minimum atomic E-state index is -0.696. The van der Waals surface area contributed by atoms with Crippen molar-refractivity contribution >= 4 is 16.9 Å². The van der Waals surface area contributed by atoms with Gasteiger partial charge in [0.1, 0.15) is 5.69 Å². The van der Waals surface area contributed by atoms with E-state index in [0.717, 1.165) is 29.5 Å². The second-order valence-corrected chi connectivity index (χ2v) is 10.6. The van der Waals surface area contributed by atoms with E-state index in [1.165, 1.54) is 0 Å². The summed E-state index contributed by atoms with van der Waals surface area (Å²) in [4.78, 5) is 24.4. The number of aliphatic hydroxyl groups is 1. The molecule has 38 heavy (non-hydrogen) atoms. The Hall–Kier alpha value is -2.92. The second-order valence-electron chi connectivity index (χ2n) is 10.6. The molecule has 204 valence electrons. The van der Waals surface area contributed by atoms with Crippen LogP contribution >= 0.6 is 0 Å². The second kappa shape index (κ2) is 11.1. The average molecular weight is 526 g/mol. The zero-order chi connectivity index (χ0) is 27.0. The summed E-state index contributed by atoms with van der Waals surface area (Å²) in [6.07, 6.45) is 1.03. The quantitative estimate of drug-likeness (QED) is 0.506. The van der Waals surface area contributed by atoms with Crippen LogP contribution in [0.5, 0.6) is 0 Å². The highest BCUT2D eigenvalue weighted by Crippen LogP contribution is 2.29. The SMILES string of the molecule is Cc1c(CN2CCOC[C@H]2C)n(C(C)C)c2cc(-c3nc(N[C@@H]4CCOC[C@H]4O)ncc3F)ccc2c1=O. The molecule has 3 aromatic rings. The Morgan fingerprint density at radius 3 is 2.76 bits per heavy atom. The van der Waals surface area contributed by atoms with Crippen molar-refractivity contribution in [3.8, 4) is 11.3 Å². The maximum atomic E-state index is 15.0. The van der Waals surface area contributed by atoms with Crippen LogP contribution < -0.4 is 10.7 Å². The molecule has 0 aliphatic carbocycles. The lowest BCUT2D eigenvalue weighted by Crippen LogP contribution is -2.44. The number of morpholine rings is 1. The molecule has 2 aliphatic rings. The first kappa shape index (κ1) is 26.7.